The normalized spacial score (nSPS) is 11.4. The van der Waals surface area contributed by atoms with Crippen LogP contribution in [0.2, 0.25) is 5.02 Å². The smallest absolute Gasteiger partial charge is 0.338 e. The molecule has 9 heteroatoms. The Morgan fingerprint density at radius 3 is 2.08 bits per heavy atom. The first kappa shape index (κ1) is 30.8. The van der Waals surface area contributed by atoms with Crippen LogP contribution in [0.25, 0.3) is 0 Å². The summed E-state index contributed by atoms with van der Waals surface area (Å²) in [5.41, 5.74) is 0.153. The van der Waals surface area contributed by atoms with Crippen LogP contribution in [0.5, 0.6) is 0 Å². The quantitative estimate of drug-likeness (QED) is 0.0802. The monoisotopic (exact) mass is 551 g/mol. The van der Waals surface area contributed by atoms with Crippen molar-refractivity contribution < 1.29 is 22.9 Å². The summed E-state index contributed by atoms with van der Waals surface area (Å²) in [6.07, 6.45) is 14.5. The molecular weight excluding hydrogens is 514 g/mol. The molecule has 0 saturated heterocycles. The molecule has 0 unspecified atom stereocenters. The summed E-state index contributed by atoms with van der Waals surface area (Å²) < 4.78 is 31.3. The molecule has 2 aromatic carbocycles. The van der Waals surface area contributed by atoms with Crippen molar-refractivity contribution in [3.05, 3.63) is 68.7 Å². The highest BCUT2D eigenvalue weighted by Crippen LogP contribution is 2.27. The van der Waals surface area contributed by atoms with Gasteiger partial charge in [0.15, 0.2) is 9.84 Å². The predicted octanol–water partition coefficient (Wildman–Crippen LogP) is 8.08. The van der Waals surface area contributed by atoms with E-state index >= 15 is 0 Å². The van der Waals surface area contributed by atoms with E-state index in [-0.39, 0.29) is 33.3 Å². The lowest BCUT2D eigenvalue weighted by Crippen LogP contribution is -2.10. The van der Waals surface area contributed by atoms with E-state index in [1.54, 1.807) is 0 Å². The molecule has 0 aliphatic rings. The average molecular weight is 552 g/mol. The van der Waals surface area contributed by atoms with Crippen LogP contribution in [0.4, 0.5) is 5.69 Å². The molecule has 0 bridgehead atoms. The summed E-state index contributed by atoms with van der Waals surface area (Å²) in [5, 5.41) is 11.0. The molecule has 2 rings (SSSR count). The fourth-order valence-corrected chi connectivity index (χ4v) is 6.03. The van der Waals surface area contributed by atoms with Gasteiger partial charge >= 0.3 is 5.97 Å². The highest BCUT2D eigenvalue weighted by molar-refractivity contribution is 7.90. The van der Waals surface area contributed by atoms with Crippen molar-refractivity contribution in [1.82, 2.24) is 0 Å². The molecule has 0 amide bonds. The third-order valence-corrected chi connectivity index (χ3v) is 8.37. The minimum atomic E-state index is -3.95. The van der Waals surface area contributed by atoms with Gasteiger partial charge in [-0.25, -0.2) is 13.2 Å². The van der Waals surface area contributed by atoms with Gasteiger partial charge in [0.2, 0.25) is 0 Å². The number of sulfone groups is 1. The number of non-ortho nitro benzene ring substituents is 1. The van der Waals surface area contributed by atoms with Crippen LogP contribution >= 0.6 is 11.6 Å². The highest BCUT2D eigenvalue weighted by Gasteiger charge is 2.22. The SMILES string of the molecule is CCCCCCCCCCCCCCOC(=O)c1ccc(Cl)c(S(=O)(=O)Cc2cccc([N+](=O)[O-])c2)c1. The molecule has 0 aliphatic carbocycles. The molecule has 0 spiro atoms. The zero-order chi connectivity index (χ0) is 27.1. The maximum absolute atomic E-state index is 13.0. The van der Waals surface area contributed by atoms with E-state index < -0.39 is 26.5 Å². The Labute approximate surface area is 225 Å². The first-order chi connectivity index (χ1) is 17.7. The number of hydrogen-bond acceptors (Lipinski definition) is 6. The van der Waals surface area contributed by atoms with E-state index in [1.165, 1.54) is 100 Å². The lowest BCUT2D eigenvalue weighted by molar-refractivity contribution is -0.384. The topological polar surface area (TPSA) is 104 Å². The Hall–Kier alpha value is -2.45. The third-order valence-electron chi connectivity index (χ3n) is 6.21. The largest absolute Gasteiger partial charge is 0.462 e. The van der Waals surface area contributed by atoms with Crippen LogP contribution < -0.4 is 0 Å². The van der Waals surface area contributed by atoms with E-state index in [9.17, 15) is 23.3 Å². The van der Waals surface area contributed by atoms with Crippen molar-refractivity contribution in [3.8, 4) is 0 Å². The fraction of sp³-hybridized carbons (Fsp3) is 0.536. The number of unbranched alkanes of at least 4 members (excludes halogenated alkanes) is 11. The second-order valence-corrected chi connectivity index (χ2v) is 11.7. The number of carbonyl (C=O) groups is 1. The minimum Gasteiger partial charge on any atom is -0.462 e. The molecule has 0 fully saturated rings. The molecule has 0 aromatic heterocycles. The van der Waals surface area contributed by atoms with Gasteiger partial charge in [-0.1, -0.05) is 101 Å². The lowest BCUT2D eigenvalue weighted by Gasteiger charge is -2.10. The summed E-state index contributed by atoms with van der Waals surface area (Å²) in [7, 11) is -3.95. The van der Waals surface area contributed by atoms with Gasteiger partial charge in [0.05, 0.1) is 32.8 Å². The van der Waals surface area contributed by atoms with E-state index in [2.05, 4.69) is 6.92 Å². The highest BCUT2D eigenvalue weighted by atomic mass is 35.5. The van der Waals surface area contributed by atoms with Gasteiger partial charge in [-0.05, 0) is 30.2 Å². The molecule has 0 atom stereocenters. The summed E-state index contributed by atoms with van der Waals surface area (Å²) in [6, 6.07) is 9.40. The number of hydrogen-bond donors (Lipinski definition) is 0. The second-order valence-electron chi connectivity index (χ2n) is 9.36. The number of nitro benzene ring substituents is 1. The first-order valence-electron chi connectivity index (χ1n) is 13.2. The maximum atomic E-state index is 13.0. The third kappa shape index (κ3) is 11.2. The van der Waals surface area contributed by atoms with Gasteiger partial charge in [-0.15, -0.1) is 0 Å². The van der Waals surface area contributed by atoms with E-state index in [0.717, 1.165) is 19.3 Å². The van der Waals surface area contributed by atoms with Crippen LogP contribution in [0.1, 0.15) is 99.9 Å². The number of ether oxygens (including phenoxy) is 1. The number of halogens is 1. The molecule has 0 heterocycles. The number of rotatable bonds is 18. The number of nitro groups is 1. The van der Waals surface area contributed by atoms with Crippen molar-refractivity contribution in [2.45, 2.75) is 94.6 Å². The molecule has 204 valence electrons. The Balaban J connectivity index is 1.77. The lowest BCUT2D eigenvalue weighted by atomic mass is 10.1. The summed E-state index contributed by atoms with van der Waals surface area (Å²) >= 11 is 6.13. The fourth-order valence-electron chi connectivity index (χ4n) is 4.12. The molecule has 2 aromatic rings. The number of benzene rings is 2. The number of esters is 1. The molecule has 0 N–H and O–H groups in total. The van der Waals surface area contributed by atoms with Crippen LogP contribution in [0, 0.1) is 10.1 Å². The molecule has 0 radical (unpaired) electrons. The van der Waals surface area contributed by atoms with E-state index in [0.29, 0.717) is 0 Å². The van der Waals surface area contributed by atoms with Gasteiger partial charge in [0, 0.05) is 12.1 Å². The van der Waals surface area contributed by atoms with Crippen molar-refractivity contribution in [2.24, 2.45) is 0 Å². The van der Waals surface area contributed by atoms with Crippen LogP contribution in [-0.2, 0) is 20.3 Å². The van der Waals surface area contributed by atoms with Gasteiger partial charge in [0.25, 0.3) is 5.69 Å². The predicted molar refractivity (Wildman–Crippen MR) is 147 cm³/mol. The maximum Gasteiger partial charge on any atom is 0.338 e. The van der Waals surface area contributed by atoms with Crippen molar-refractivity contribution in [2.75, 3.05) is 6.61 Å². The molecule has 0 aliphatic heterocycles. The van der Waals surface area contributed by atoms with E-state index in [4.69, 9.17) is 16.3 Å². The summed E-state index contributed by atoms with van der Waals surface area (Å²) in [4.78, 5) is 22.7. The number of carbonyl (C=O) groups excluding carboxylic acids is 1. The standard InChI is InChI=1S/C28H38ClNO6S/c1-2-3-4-5-6-7-8-9-10-11-12-13-19-36-28(31)24-17-18-26(29)27(21-24)37(34,35)22-23-15-14-16-25(20-23)30(32)33/h14-18,20-21H,2-13,19,22H2,1H3. The average Bonchev–Trinajstić information content (AvgIpc) is 2.86. The van der Waals surface area contributed by atoms with Crippen molar-refractivity contribution >= 4 is 33.1 Å². The van der Waals surface area contributed by atoms with Gasteiger partial charge in [0.1, 0.15) is 0 Å². The molecule has 7 nitrogen and oxygen atoms in total. The minimum absolute atomic E-state index is 0.0251. The summed E-state index contributed by atoms with van der Waals surface area (Å²) in [5.74, 6) is -1.09. The number of nitrogens with zero attached hydrogens (tertiary/aromatic N) is 1. The Morgan fingerprint density at radius 2 is 1.49 bits per heavy atom. The van der Waals surface area contributed by atoms with Gasteiger partial charge in [-0.3, -0.25) is 10.1 Å². The van der Waals surface area contributed by atoms with Crippen LogP contribution in [0.3, 0.4) is 0 Å². The van der Waals surface area contributed by atoms with Gasteiger partial charge in [-0.2, -0.15) is 0 Å². The van der Waals surface area contributed by atoms with Crippen molar-refractivity contribution in [1.29, 1.82) is 0 Å². The molecular formula is C28H38ClNO6S. The van der Waals surface area contributed by atoms with Crippen molar-refractivity contribution in [3.63, 3.8) is 0 Å². The Kier molecular flexibility index (Phi) is 13.6. The van der Waals surface area contributed by atoms with E-state index in [1.807, 2.05) is 0 Å². The molecule has 37 heavy (non-hydrogen) atoms. The second kappa shape index (κ2) is 16.4. The Bertz CT molecular complexity index is 1120. The van der Waals surface area contributed by atoms with Gasteiger partial charge < -0.3 is 4.74 Å². The zero-order valence-electron chi connectivity index (χ0n) is 21.6. The summed E-state index contributed by atoms with van der Waals surface area (Å²) in [6.45, 7) is 2.50. The van der Waals surface area contributed by atoms with Crippen LogP contribution in [-0.4, -0.2) is 25.9 Å². The van der Waals surface area contributed by atoms with Crippen LogP contribution in [0.15, 0.2) is 47.4 Å². The first-order valence-corrected chi connectivity index (χ1v) is 15.2. The Morgan fingerprint density at radius 1 is 0.892 bits per heavy atom. The zero-order valence-corrected chi connectivity index (χ0v) is 23.2. The molecule has 0 saturated carbocycles.